The van der Waals surface area contributed by atoms with E-state index in [4.69, 9.17) is 0 Å². The van der Waals surface area contributed by atoms with Gasteiger partial charge in [-0.2, -0.15) is 0 Å². The smallest absolute Gasteiger partial charge is 0.168 e. The Morgan fingerprint density at radius 3 is 2.67 bits per heavy atom. The van der Waals surface area contributed by atoms with Crippen LogP contribution in [0, 0.1) is 0 Å². The molecule has 4 heteroatoms. The lowest BCUT2D eigenvalue weighted by atomic mass is 10.3. The van der Waals surface area contributed by atoms with Gasteiger partial charge in [-0.3, -0.25) is 0 Å². The highest BCUT2D eigenvalue weighted by atomic mass is 32.2. The van der Waals surface area contributed by atoms with Crippen LogP contribution in [0.15, 0.2) is 17.6 Å². The van der Waals surface area contributed by atoms with E-state index in [1.54, 1.807) is 24.9 Å². The van der Waals surface area contributed by atoms with Gasteiger partial charge in [0, 0.05) is 24.7 Å². The summed E-state index contributed by atoms with van der Waals surface area (Å²) in [7, 11) is 1.95. The van der Waals surface area contributed by atoms with Crippen LogP contribution in [0.5, 0.6) is 0 Å². The number of imidazole rings is 1. The SMILES string of the molecule is CC(O)C(C)Sc1nccn1C. The van der Waals surface area contributed by atoms with E-state index in [1.165, 1.54) is 0 Å². The van der Waals surface area contributed by atoms with Gasteiger partial charge < -0.3 is 9.67 Å². The normalized spacial score (nSPS) is 16.0. The van der Waals surface area contributed by atoms with Crippen LogP contribution in [0.2, 0.25) is 0 Å². The fourth-order valence-electron chi connectivity index (χ4n) is 0.730. The molecule has 12 heavy (non-hydrogen) atoms. The lowest BCUT2D eigenvalue weighted by Crippen LogP contribution is -2.15. The zero-order valence-corrected chi connectivity index (χ0v) is 8.38. The van der Waals surface area contributed by atoms with Crippen molar-refractivity contribution in [3.63, 3.8) is 0 Å². The summed E-state index contributed by atoms with van der Waals surface area (Å²) in [6.07, 6.45) is 3.36. The van der Waals surface area contributed by atoms with Gasteiger partial charge in [0.1, 0.15) is 0 Å². The first kappa shape index (κ1) is 9.61. The third kappa shape index (κ3) is 2.25. The molecule has 0 saturated carbocycles. The van der Waals surface area contributed by atoms with Crippen LogP contribution in [-0.2, 0) is 7.05 Å². The van der Waals surface area contributed by atoms with E-state index in [9.17, 15) is 5.11 Å². The van der Waals surface area contributed by atoms with Crippen molar-refractivity contribution in [3.8, 4) is 0 Å². The second kappa shape index (κ2) is 3.96. The Morgan fingerprint density at radius 2 is 2.25 bits per heavy atom. The summed E-state index contributed by atoms with van der Waals surface area (Å²) in [5, 5.41) is 10.4. The first-order chi connectivity index (χ1) is 5.61. The standard InChI is InChI=1S/C8H14N2OS/c1-6(11)7(2)12-8-9-4-5-10(8)3/h4-7,11H,1-3H3. The molecule has 1 N–H and O–H groups in total. The average Bonchev–Trinajstić information content (AvgIpc) is 2.36. The van der Waals surface area contributed by atoms with Crippen LogP contribution in [0.3, 0.4) is 0 Å². The number of hydrogen-bond acceptors (Lipinski definition) is 3. The molecular weight excluding hydrogens is 172 g/mol. The molecule has 3 nitrogen and oxygen atoms in total. The van der Waals surface area contributed by atoms with Crippen molar-refractivity contribution < 1.29 is 5.11 Å². The first-order valence-electron chi connectivity index (χ1n) is 3.93. The molecule has 0 aliphatic rings. The van der Waals surface area contributed by atoms with Crippen molar-refractivity contribution in [2.24, 2.45) is 7.05 Å². The highest BCUT2D eigenvalue weighted by Gasteiger charge is 2.12. The molecule has 1 aromatic rings. The zero-order chi connectivity index (χ0) is 9.14. The molecule has 1 heterocycles. The van der Waals surface area contributed by atoms with Crippen LogP contribution in [0.1, 0.15) is 13.8 Å². The number of thioether (sulfide) groups is 1. The van der Waals surface area contributed by atoms with Crippen LogP contribution >= 0.6 is 11.8 Å². The van der Waals surface area contributed by atoms with Gasteiger partial charge in [-0.25, -0.2) is 4.98 Å². The molecular formula is C8H14N2OS. The number of aryl methyl sites for hydroxylation is 1. The monoisotopic (exact) mass is 186 g/mol. The second-order valence-electron chi connectivity index (χ2n) is 2.88. The topological polar surface area (TPSA) is 38.1 Å². The van der Waals surface area contributed by atoms with Gasteiger partial charge in [-0.15, -0.1) is 0 Å². The van der Waals surface area contributed by atoms with Crippen molar-refractivity contribution in [1.82, 2.24) is 9.55 Å². The highest BCUT2D eigenvalue weighted by molar-refractivity contribution is 7.99. The van der Waals surface area contributed by atoms with Crippen LogP contribution in [0.4, 0.5) is 0 Å². The van der Waals surface area contributed by atoms with E-state index in [1.807, 2.05) is 24.7 Å². The van der Waals surface area contributed by atoms with E-state index in [0.29, 0.717) is 0 Å². The molecule has 0 aliphatic heterocycles. The van der Waals surface area contributed by atoms with Crippen LogP contribution in [0.25, 0.3) is 0 Å². The number of aliphatic hydroxyl groups is 1. The lowest BCUT2D eigenvalue weighted by Gasteiger charge is -2.12. The van der Waals surface area contributed by atoms with Gasteiger partial charge in [0.05, 0.1) is 6.10 Å². The number of hydrogen-bond donors (Lipinski definition) is 1. The Kier molecular flexibility index (Phi) is 3.17. The summed E-state index contributed by atoms with van der Waals surface area (Å²) < 4.78 is 1.95. The van der Waals surface area contributed by atoms with Crippen molar-refractivity contribution in [2.75, 3.05) is 0 Å². The Morgan fingerprint density at radius 1 is 1.58 bits per heavy atom. The molecule has 0 aromatic carbocycles. The molecule has 68 valence electrons. The summed E-state index contributed by atoms with van der Waals surface area (Å²) in [5.74, 6) is 0. The van der Waals surface area contributed by atoms with Gasteiger partial charge in [-0.05, 0) is 6.92 Å². The predicted octanol–water partition coefficient (Wildman–Crippen LogP) is 1.28. The third-order valence-electron chi connectivity index (χ3n) is 1.75. The number of aromatic nitrogens is 2. The Labute approximate surface area is 76.8 Å². The maximum Gasteiger partial charge on any atom is 0.168 e. The van der Waals surface area contributed by atoms with E-state index in [2.05, 4.69) is 4.98 Å². The van der Waals surface area contributed by atoms with Crippen molar-refractivity contribution >= 4 is 11.8 Å². The quantitative estimate of drug-likeness (QED) is 0.723. The minimum Gasteiger partial charge on any atom is -0.392 e. The highest BCUT2D eigenvalue weighted by Crippen LogP contribution is 2.22. The van der Waals surface area contributed by atoms with Gasteiger partial charge in [0.25, 0.3) is 0 Å². The Balaban J connectivity index is 2.58. The molecule has 0 saturated heterocycles. The summed E-state index contributed by atoms with van der Waals surface area (Å²) >= 11 is 1.59. The van der Waals surface area contributed by atoms with Crippen LogP contribution in [-0.4, -0.2) is 26.0 Å². The molecule has 0 radical (unpaired) electrons. The van der Waals surface area contributed by atoms with E-state index in [-0.39, 0.29) is 11.4 Å². The molecule has 1 rings (SSSR count). The van der Waals surface area contributed by atoms with Crippen LogP contribution < -0.4 is 0 Å². The minimum absolute atomic E-state index is 0.186. The molecule has 0 aliphatic carbocycles. The molecule has 2 unspecified atom stereocenters. The van der Waals surface area contributed by atoms with Gasteiger partial charge in [0.2, 0.25) is 0 Å². The third-order valence-corrected chi connectivity index (χ3v) is 3.12. The van der Waals surface area contributed by atoms with Crippen molar-refractivity contribution in [2.45, 2.75) is 30.4 Å². The van der Waals surface area contributed by atoms with Gasteiger partial charge in [-0.1, -0.05) is 18.7 Å². The average molecular weight is 186 g/mol. The molecule has 2 atom stereocenters. The molecule has 1 aromatic heterocycles. The van der Waals surface area contributed by atoms with E-state index in [0.717, 1.165) is 5.16 Å². The lowest BCUT2D eigenvalue weighted by molar-refractivity contribution is 0.196. The molecule has 0 bridgehead atoms. The van der Waals surface area contributed by atoms with Crippen molar-refractivity contribution in [1.29, 1.82) is 0 Å². The van der Waals surface area contributed by atoms with Crippen molar-refractivity contribution in [3.05, 3.63) is 12.4 Å². The maximum atomic E-state index is 9.25. The summed E-state index contributed by atoms with van der Waals surface area (Å²) in [6.45, 7) is 3.78. The Bertz CT molecular complexity index is 247. The maximum absolute atomic E-state index is 9.25. The van der Waals surface area contributed by atoms with Gasteiger partial charge >= 0.3 is 0 Å². The number of aliphatic hydroxyl groups excluding tert-OH is 1. The molecule has 0 spiro atoms. The fraction of sp³-hybridized carbons (Fsp3) is 0.625. The largest absolute Gasteiger partial charge is 0.392 e. The first-order valence-corrected chi connectivity index (χ1v) is 4.81. The molecule has 0 amide bonds. The second-order valence-corrected chi connectivity index (χ2v) is 4.23. The summed E-state index contributed by atoms with van der Waals surface area (Å²) in [4.78, 5) is 4.15. The zero-order valence-electron chi connectivity index (χ0n) is 7.56. The van der Waals surface area contributed by atoms with Gasteiger partial charge in [0.15, 0.2) is 5.16 Å². The number of nitrogens with zero attached hydrogens (tertiary/aromatic N) is 2. The summed E-state index contributed by atoms with van der Waals surface area (Å²) in [6, 6.07) is 0. The fourth-order valence-corrected chi connectivity index (χ4v) is 1.61. The summed E-state index contributed by atoms with van der Waals surface area (Å²) in [5.41, 5.74) is 0. The molecule has 0 fully saturated rings. The van der Waals surface area contributed by atoms with E-state index >= 15 is 0 Å². The van der Waals surface area contributed by atoms with E-state index < -0.39 is 0 Å². The minimum atomic E-state index is -0.299. The number of rotatable bonds is 3. The predicted molar refractivity (Wildman–Crippen MR) is 50.2 cm³/mol. The Hall–Kier alpha value is -0.480.